The number of fused-ring (bicyclic) bond motifs is 1. The highest BCUT2D eigenvalue weighted by atomic mass is 16.3. The lowest BCUT2D eigenvalue weighted by Gasteiger charge is -2.07. The fourth-order valence-electron chi connectivity index (χ4n) is 2.04. The molecule has 9 heteroatoms. The van der Waals surface area contributed by atoms with Gasteiger partial charge in [0.05, 0.1) is 6.33 Å². The summed E-state index contributed by atoms with van der Waals surface area (Å²) in [5, 5.41) is 14.3. The Morgan fingerprint density at radius 2 is 2.04 bits per heavy atom. The van der Waals surface area contributed by atoms with Crippen molar-refractivity contribution in [3.05, 3.63) is 46.5 Å². The number of rotatable bonds is 4. The van der Waals surface area contributed by atoms with E-state index in [1.54, 1.807) is 24.3 Å². The molecule has 118 valence electrons. The Kier molecular flexibility index (Phi) is 3.91. The molecule has 3 rings (SSSR count). The second-order valence-electron chi connectivity index (χ2n) is 4.81. The predicted molar refractivity (Wildman–Crippen MR) is 83.3 cm³/mol. The number of H-pyrrole nitrogens is 2. The SMILES string of the molecule is O=C(NCCc1ccc(O)cc1)Nc1nc2nc[nH]c2c(=O)[nH]1. The number of aromatic nitrogens is 4. The van der Waals surface area contributed by atoms with Crippen LogP contribution in [0, 0.1) is 0 Å². The summed E-state index contributed by atoms with van der Waals surface area (Å²) in [7, 11) is 0. The number of hydrogen-bond donors (Lipinski definition) is 5. The van der Waals surface area contributed by atoms with Crippen molar-refractivity contribution in [1.82, 2.24) is 25.3 Å². The van der Waals surface area contributed by atoms with Crippen LogP contribution in [-0.4, -0.2) is 37.6 Å². The summed E-state index contributed by atoms with van der Waals surface area (Å²) in [5.74, 6) is 0.222. The lowest BCUT2D eigenvalue weighted by atomic mass is 10.1. The maximum Gasteiger partial charge on any atom is 0.321 e. The molecule has 0 atom stereocenters. The van der Waals surface area contributed by atoms with Gasteiger partial charge in [-0.15, -0.1) is 0 Å². The van der Waals surface area contributed by atoms with Crippen molar-refractivity contribution in [3.63, 3.8) is 0 Å². The molecule has 2 heterocycles. The minimum atomic E-state index is -0.484. The van der Waals surface area contributed by atoms with Gasteiger partial charge in [-0.2, -0.15) is 4.98 Å². The monoisotopic (exact) mass is 314 g/mol. The number of amides is 2. The number of urea groups is 1. The number of carbonyl (C=O) groups excluding carboxylic acids is 1. The second-order valence-corrected chi connectivity index (χ2v) is 4.81. The van der Waals surface area contributed by atoms with Gasteiger partial charge < -0.3 is 15.4 Å². The number of phenolic OH excluding ortho intramolecular Hbond substituents is 1. The van der Waals surface area contributed by atoms with E-state index in [2.05, 4.69) is 30.6 Å². The number of phenols is 1. The highest BCUT2D eigenvalue weighted by molar-refractivity contribution is 5.88. The molecule has 0 aliphatic heterocycles. The molecule has 0 bridgehead atoms. The van der Waals surface area contributed by atoms with E-state index in [0.717, 1.165) is 5.56 Å². The largest absolute Gasteiger partial charge is 0.508 e. The number of nitrogens with zero attached hydrogens (tertiary/aromatic N) is 2. The summed E-state index contributed by atoms with van der Waals surface area (Å²) in [6.07, 6.45) is 1.96. The van der Waals surface area contributed by atoms with E-state index in [0.29, 0.717) is 13.0 Å². The molecule has 0 aliphatic rings. The van der Waals surface area contributed by atoms with Gasteiger partial charge in [0.2, 0.25) is 5.95 Å². The Labute approximate surface area is 129 Å². The summed E-state index contributed by atoms with van der Waals surface area (Å²) >= 11 is 0. The fourth-order valence-corrected chi connectivity index (χ4v) is 2.04. The minimum absolute atomic E-state index is 0.0248. The first kappa shape index (κ1) is 14.6. The Morgan fingerprint density at radius 1 is 1.26 bits per heavy atom. The Hall–Kier alpha value is -3.36. The van der Waals surface area contributed by atoms with Gasteiger partial charge in [0.25, 0.3) is 5.56 Å². The van der Waals surface area contributed by atoms with Crippen molar-refractivity contribution in [3.8, 4) is 5.75 Å². The Morgan fingerprint density at radius 3 is 2.83 bits per heavy atom. The standard InChI is InChI=1S/C14H14N6O3/c21-9-3-1-8(2-4-9)5-6-15-14(23)20-13-18-11-10(12(22)19-13)16-7-17-11/h1-4,7,21H,5-6H2,(H4,15,16,17,18,19,20,22,23). The van der Waals surface area contributed by atoms with Crippen LogP contribution < -0.4 is 16.2 Å². The average Bonchev–Trinajstić information content (AvgIpc) is 2.98. The van der Waals surface area contributed by atoms with Crippen LogP contribution in [0.4, 0.5) is 10.7 Å². The zero-order chi connectivity index (χ0) is 16.2. The first-order valence-corrected chi connectivity index (χ1v) is 6.88. The molecule has 1 aromatic carbocycles. The van der Waals surface area contributed by atoms with Crippen LogP contribution in [-0.2, 0) is 6.42 Å². The highest BCUT2D eigenvalue weighted by Crippen LogP contribution is 2.09. The molecule has 2 amide bonds. The van der Waals surface area contributed by atoms with Crippen LogP contribution in [0.5, 0.6) is 5.75 Å². The molecule has 0 radical (unpaired) electrons. The minimum Gasteiger partial charge on any atom is -0.508 e. The van der Waals surface area contributed by atoms with Crippen LogP contribution in [0.25, 0.3) is 11.2 Å². The van der Waals surface area contributed by atoms with Gasteiger partial charge in [-0.25, -0.2) is 9.78 Å². The Bertz CT molecular complexity index is 883. The zero-order valence-corrected chi connectivity index (χ0v) is 12.0. The number of imidazole rings is 1. The number of benzene rings is 1. The van der Waals surface area contributed by atoms with Gasteiger partial charge in [0.15, 0.2) is 11.2 Å². The van der Waals surface area contributed by atoms with Gasteiger partial charge in [-0.1, -0.05) is 12.1 Å². The highest BCUT2D eigenvalue weighted by Gasteiger charge is 2.08. The third-order valence-electron chi connectivity index (χ3n) is 3.16. The molecule has 0 spiro atoms. The predicted octanol–water partition coefficient (Wildman–Crippen LogP) is 0.716. The molecular weight excluding hydrogens is 300 g/mol. The number of aromatic hydroxyl groups is 1. The number of carbonyl (C=O) groups is 1. The number of nitrogens with one attached hydrogen (secondary N) is 4. The molecule has 23 heavy (non-hydrogen) atoms. The molecule has 3 aromatic rings. The number of hydrogen-bond acceptors (Lipinski definition) is 5. The van der Waals surface area contributed by atoms with Crippen LogP contribution >= 0.6 is 0 Å². The molecule has 5 N–H and O–H groups in total. The normalized spacial score (nSPS) is 10.6. The van der Waals surface area contributed by atoms with E-state index in [4.69, 9.17) is 0 Å². The van der Waals surface area contributed by atoms with E-state index in [1.165, 1.54) is 6.33 Å². The second kappa shape index (κ2) is 6.18. The van der Waals surface area contributed by atoms with Crippen molar-refractivity contribution in [2.75, 3.05) is 11.9 Å². The molecule has 2 aromatic heterocycles. The maximum absolute atomic E-state index is 11.8. The molecule has 9 nitrogen and oxygen atoms in total. The number of aromatic amines is 2. The Balaban J connectivity index is 1.56. The molecule has 0 aliphatic carbocycles. The molecule has 0 unspecified atom stereocenters. The van der Waals surface area contributed by atoms with Crippen LogP contribution in [0.2, 0.25) is 0 Å². The summed E-state index contributed by atoms with van der Waals surface area (Å²) in [6, 6.07) is 6.24. The third-order valence-corrected chi connectivity index (χ3v) is 3.16. The average molecular weight is 314 g/mol. The third kappa shape index (κ3) is 3.46. The van der Waals surface area contributed by atoms with E-state index in [9.17, 15) is 14.7 Å². The maximum atomic E-state index is 11.8. The fraction of sp³-hybridized carbons (Fsp3) is 0.143. The van der Waals surface area contributed by atoms with E-state index >= 15 is 0 Å². The van der Waals surface area contributed by atoms with E-state index in [1.807, 2.05) is 0 Å². The van der Waals surface area contributed by atoms with Crippen molar-refractivity contribution in [2.45, 2.75) is 6.42 Å². The molecule has 0 saturated carbocycles. The van der Waals surface area contributed by atoms with E-state index < -0.39 is 11.6 Å². The van der Waals surface area contributed by atoms with Gasteiger partial charge in [0, 0.05) is 6.54 Å². The lowest BCUT2D eigenvalue weighted by Crippen LogP contribution is -2.31. The van der Waals surface area contributed by atoms with Gasteiger partial charge >= 0.3 is 6.03 Å². The lowest BCUT2D eigenvalue weighted by molar-refractivity contribution is 0.252. The molecular formula is C14H14N6O3. The topological polar surface area (TPSA) is 136 Å². The first-order chi connectivity index (χ1) is 11.1. The summed E-state index contributed by atoms with van der Waals surface area (Å²) in [5.41, 5.74) is 1.05. The zero-order valence-electron chi connectivity index (χ0n) is 12.0. The summed E-state index contributed by atoms with van der Waals surface area (Å²) in [6.45, 7) is 0.394. The summed E-state index contributed by atoms with van der Waals surface area (Å²) < 4.78 is 0. The van der Waals surface area contributed by atoms with Gasteiger partial charge in [-0.05, 0) is 24.1 Å². The van der Waals surface area contributed by atoms with Crippen LogP contribution in [0.1, 0.15) is 5.56 Å². The van der Waals surface area contributed by atoms with E-state index in [-0.39, 0.29) is 22.9 Å². The smallest absolute Gasteiger partial charge is 0.321 e. The van der Waals surface area contributed by atoms with Crippen LogP contribution in [0.3, 0.4) is 0 Å². The van der Waals surface area contributed by atoms with Crippen molar-refractivity contribution in [1.29, 1.82) is 0 Å². The van der Waals surface area contributed by atoms with Gasteiger partial charge in [-0.3, -0.25) is 15.1 Å². The van der Waals surface area contributed by atoms with Crippen molar-refractivity contribution >= 4 is 23.1 Å². The van der Waals surface area contributed by atoms with Crippen LogP contribution in [0.15, 0.2) is 35.4 Å². The number of anilines is 1. The van der Waals surface area contributed by atoms with Gasteiger partial charge in [0.1, 0.15) is 5.75 Å². The quantitative estimate of drug-likeness (QED) is 0.483. The molecule has 0 fully saturated rings. The summed E-state index contributed by atoms with van der Waals surface area (Å²) in [4.78, 5) is 36.5. The van der Waals surface area contributed by atoms with Crippen molar-refractivity contribution < 1.29 is 9.90 Å². The first-order valence-electron chi connectivity index (χ1n) is 6.88. The van der Waals surface area contributed by atoms with Crippen molar-refractivity contribution in [2.24, 2.45) is 0 Å². The molecule has 0 saturated heterocycles.